The van der Waals surface area contributed by atoms with Crippen LogP contribution in [0.1, 0.15) is 5.56 Å². The molecule has 0 unspecified atom stereocenters. The van der Waals surface area contributed by atoms with Crippen molar-refractivity contribution in [2.45, 2.75) is 12.9 Å². The van der Waals surface area contributed by atoms with E-state index in [-0.39, 0.29) is 23.4 Å². The molecule has 0 radical (unpaired) electrons. The summed E-state index contributed by atoms with van der Waals surface area (Å²) < 4.78 is 33.5. The maximum atomic E-state index is 7.50. The first kappa shape index (κ1) is 25.3. The zero-order valence-electron chi connectivity index (χ0n) is 11.6. The molecule has 1 heterocycles. The monoisotopic (exact) mass is 342 g/mol. The van der Waals surface area contributed by atoms with Crippen LogP contribution in [0.2, 0.25) is 0 Å². The van der Waals surface area contributed by atoms with Gasteiger partial charge in [0.15, 0.2) is 6.29 Å². The summed E-state index contributed by atoms with van der Waals surface area (Å²) in [5, 5.41) is 0. The molecule has 1 aromatic carbocycles. The minimum Gasteiger partial charge on any atom is 0 e. The van der Waals surface area contributed by atoms with Crippen molar-refractivity contribution < 1.29 is 40.5 Å². The zero-order chi connectivity index (χ0) is 16.5. The molecule has 1 atom stereocenters. The van der Waals surface area contributed by atoms with Crippen molar-refractivity contribution in [2.75, 3.05) is 6.61 Å². The van der Waals surface area contributed by atoms with Crippen LogP contribution >= 0.6 is 0 Å². The first-order valence-corrected chi connectivity index (χ1v) is 5.60. The quantitative estimate of drug-likeness (QED) is 0.479. The van der Waals surface area contributed by atoms with Crippen LogP contribution in [0.15, 0.2) is 54.6 Å². The van der Waals surface area contributed by atoms with E-state index in [9.17, 15) is 0 Å². The summed E-state index contributed by atoms with van der Waals surface area (Å²) in [4.78, 5) is 0. The smallest absolute Gasteiger partial charge is 0 e. The Balaban J connectivity index is -0.000000463. The molecule has 0 fully saturated rings. The Morgan fingerprint density at radius 3 is 2.14 bits per heavy atom. The first-order valence-electron chi connectivity index (χ1n) is 5.60. The fourth-order valence-corrected chi connectivity index (χ4v) is 1.43. The maximum absolute atomic E-state index is 7.50. The van der Waals surface area contributed by atoms with Gasteiger partial charge in [-0.25, -0.2) is 0 Å². The van der Waals surface area contributed by atoms with Gasteiger partial charge in [-0.05, 0) is 17.2 Å². The third kappa shape index (κ3) is 11.1. The molecule has 22 heavy (non-hydrogen) atoms. The topological polar surface area (TPSA) is 78.2 Å². The van der Waals surface area contributed by atoms with Crippen LogP contribution in [0.3, 0.4) is 0 Å². The van der Waals surface area contributed by atoms with E-state index in [0.717, 1.165) is 11.1 Å². The molecule has 0 amide bonds. The molecule has 0 bridgehead atoms. The molecule has 0 saturated carbocycles. The zero-order valence-corrected chi connectivity index (χ0v) is 12.7. The summed E-state index contributed by atoms with van der Waals surface area (Å²) >= 11 is 0. The van der Waals surface area contributed by atoms with Gasteiger partial charge in [-0.15, -0.1) is 0 Å². The number of rotatable bonds is 4. The number of benzene rings is 1. The Hall–Kier alpha value is -1.64. The van der Waals surface area contributed by atoms with E-state index < -0.39 is 0 Å². The van der Waals surface area contributed by atoms with Crippen molar-refractivity contribution in [1.29, 1.82) is 0 Å². The van der Waals surface area contributed by atoms with Crippen LogP contribution in [0, 0.1) is 20.0 Å². The van der Waals surface area contributed by atoms with Gasteiger partial charge in [0.1, 0.15) is 0 Å². The molecule has 0 spiro atoms. The average molecular weight is 342 g/mol. The normalized spacial score (nSPS) is 13.9. The van der Waals surface area contributed by atoms with E-state index >= 15 is 0 Å². The molecule has 5 nitrogen and oxygen atoms in total. The Morgan fingerprint density at radius 1 is 1.14 bits per heavy atom. The Morgan fingerprint density at radius 2 is 1.68 bits per heavy atom. The molecule has 1 aliphatic rings. The van der Waals surface area contributed by atoms with E-state index in [2.05, 4.69) is 26.5 Å². The Bertz CT molecular complexity index is 462. The predicted molar refractivity (Wildman–Crippen MR) is 71.0 cm³/mol. The van der Waals surface area contributed by atoms with Gasteiger partial charge in [0.25, 0.3) is 0 Å². The van der Waals surface area contributed by atoms with Crippen LogP contribution in [0.25, 0.3) is 0 Å². The van der Waals surface area contributed by atoms with Crippen molar-refractivity contribution in [2.24, 2.45) is 0 Å². The van der Waals surface area contributed by atoms with Crippen LogP contribution in [-0.4, -0.2) is 12.9 Å². The standard InChI is InChI=1S/C13H14O2.3CO.Fe/c1-2-11-8-13(14-9-11)15-10-12-6-4-3-5-7-12;3*1-2;/h2-8,13H,1,9-10H2;;;;/t13-;;;;/m1..../s1. The average Bonchev–Trinajstić information content (AvgIpc) is 3.07. The Labute approximate surface area is 140 Å². The van der Waals surface area contributed by atoms with E-state index in [0.29, 0.717) is 13.2 Å². The third-order valence-electron chi connectivity index (χ3n) is 2.28. The molecule has 0 aromatic heterocycles. The number of hydrogen-bond donors (Lipinski definition) is 0. The minimum atomic E-state index is -0.224. The minimum absolute atomic E-state index is 0. The van der Waals surface area contributed by atoms with Crippen molar-refractivity contribution in [3.05, 3.63) is 80.2 Å². The van der Waals surface area contributed by atoms with Crippen molar-refractivity contribution in [3.63, 3.8) is 0 Å². The van der Waals surface area contributed by atoms with Crippen LogP contribution in [-0.2, 0) is 47.1 Å². The van der Waals surface area contributed by atoms with Crippen LogP contribution in [0.5, 0.6) is 0 Å². The molecule has 0 N–H and O–H groups in total. The van der Waals surface area contributed by atoms with Crippen molar-refractivity contribution >= 4 is 0 Å². The summed E-state index contributed by atoms with van der Waals surface area (Å²) in [6.45, 7) is 18.4. The van der Waals surface area contributed by atoms with Crippen molar-refractivity contribution in [1.82, 2.24) is 0 Å². The molecule has 116 valence electrons. The van der Waals surface area contributed by atoms with E-state index in [1.54, 1.807) is 6.08 Å². The van der Waals surface area contributed by atoms with E-state index in [1.807, 2.05) is 36.4 Å². The largest absolute Gasteiger partial charge is 0 e. The second kappa shape index (κ2) is 19.4. The van der Waals surface area contributed by atoms with Crippen LogP contribution < -0.4 is 0 Å². The molecule has 6 heteroatoms. The second-order valence-electron chi connectivity index (χ2n) is 3.42. The van der Waals surface area contributed by atoms with Gasteiger partial charge in [0.05, 0.1) is 13.2 Å². The van der Waals surface area contributed by atoms with Gasteiger partial charge in [-0.2, -0.15) is 0 Å². The van der Waals surface area contributed by atoms with Gasteiger partial charge < -0.3 is 9.47 Å². The SMILES string of the molecule is C=CC1=C[C@@H](OCc2ccccc2)OC1.[C-]#[O+].[C-]#[O+].[C-]#[O+].[Fe]. The fourth-order valence-electron chi connectivity index (χ4n) is 1.43. The molecule has 1 aromatic rings. The Kier molecular flexibility index (Phi) is 22.3. The maximum Gasteiger partial charge on any atom is 0 e. The summed E-state index contributed by atoms with van der Waals surface area (Å²) in [7, 11) is 0. The van der Waals surface area contributed by atoms with Gasteiger partial charge in [-0.1, -0.05) is 43.0 Å². The number of hydrogen-bond acceptors (Lipinski definition) is 2. The van der Waals surface area contributed by atoms with Gasteiger partial charge >= 0.3 is 33.9 Å². The number of ether oxygens (including phenoxy) is 2. The van der Waals surface area contributed by atoms with Gasteiger partial charge in [0, 0.05) is 17.1 Å². The van der Waals surface area contributed by atoms with Crippen molar-refractivity contribution in [3.8, 4) is 0 Å². The third-order valence-corrected chi connectivity index (χ3v) is 2.28. The van der Waals surface area contributed by atoms with Crippen LogP contribution in [0.4, 0.5) is 0 Å². The summed E-state index contributed by atoms with van der Waals surface area (Å²) in [5.74, 6) is 0. The molecular formula is C16H14FeO5. The first-order chi connectivity index (χ1) is 10.4. The second-order valence-corrected chi connectivity index (χ2v) is 3.42. The van der Waals surface area contributed by atoms with Gasteiger partial charge in [-0.3, -0.25) is 0 Å². The van der Waals surface area contributed by atoms with E-state index in [1.165, 1.54) is 0 Å². The summed E-state index contributed by atoms with van der Waals surface area (Å²) in [6.07, 6.45) is 3.53. The van der Waals surface area contributed by atoms with Gasteiger partial charge in [0.2, 0.25) is 0 Å². The molecule has 0 aliphatic carbocycles. The summed E-state index contributed by atoms with van der Waals surface area (Å²) in [5.41, 5.74) is 2.25. The molecule has 1 aliphatic heterocycles. The molecule has 0 saturated heterocycles. The summed E-state index contributed by atoms with van der Waals surface area (Å²) in [6, 6.07) is 10.1. The molecule has 2 rings (SSSR count). The fraction of sp³-hybridized carbons (Fsp3) is 0.188. The molecular weight excluding hydrogens is 328 g/mol. The predicted octanol–water partition coefficient (Wildman–Crippen LogP) is 2.56. The van der Waals surface area contributed by atoms with E-state index in [4.69, 9.17) is 23.4 Å².